The standard InChI is InChI=1S/C14H20N2O3/c1-10-3-4-13(18-2)12(7-10)16-8-11(5-6-15)9-19-14(16)17/h3-4,7,11H,5-6,8-9,15H2,1-2H3. The average Bonchev–Trinajstić information content (AvgIpc) is 2.41. The lowest BCUT2D eigenvalue weighted by Gasteiger charge is -2.32. The maximum Gasteiger partial charge on any atom is 0.414 e. The van der Waals surface area contributed by atoms with Crippen molar-refractivity contribution < 1.29 is 14.3 Å². The number of nitrogens with two attached hydrogens (primary N) is 1. The van der Waals surface area contributed by atoms with Gasteiger partial charge in [0.05, 0.1) is 19.4 Å². The van der Waals surface area contributed by atoms with E-state index in [1.807, 2.05) is 25.1 Å². The first-order valence-corrected chi connectivity index (χ1v) is 6.44. The first kappa shape index (κ1) is 13.7. The second-order valence-electron chi connectivity index (χ2n) is 4.81. The zero-order valence-electron chi connectivity index (χ0n) is 11.4. The normalized spacial score (nSPS) is 19.2. The maximum atomic E-state index is 11.9. The number of rotatable bonds is 4. The van der Waals surface area contributed by atoms with Crippen molar-refractivity contribution in [3.8, 4) is 5.75 Å². The molecule has 0 spiro atoms. The number of nitrogens with zero attached hydrogens (tertiary/aromatic N) is 1. The van der Waals surface area contributed by atoms with Gasteiger partial charge in [0.2, 0.25) is 0 Å². The van der Waals surface area contributed by atoms with E-state index in [9.17, 15) is 4.79 Å². The van der Waals surface area contributed by atoms with Crippen LogP contribution in [0.2, 0.25) is 0 Å². The summed E-state index contributed by atoms with van der Waals surface area (Å²) in [5.74, 6) is 0.948. The minimum absolute atomic E-state index is 0.271. The largest absolute Gasteiger partial charge is 0.495 e. The third kappa shape index (κ3) is 2.98. The average molecular weight is 264 g/mol. The van der Waals surface area contributed by atoms with Gasteiger partial charge in [-0.3, -0.25) is 4.90 Å². The molecule has 0 aromatic heterocycles. The van der Waals surface area contributed by atoms with E-state index in [-0.39, 0.29) is 12.0 Å². The molecule has 1 atom stereocenters. The second-order valence-corrected chi connectivity index (χ2v) is 4.81. The van der Waals surface area contributed by atoms with Crippen molar-refractivity contribution in [3.05, 3.63) is 23.8 Å². The topological polar surface area (TPSA) is 64.8 Å². The molecule has 1 fully saturated rings. The predicted octanol–water partition coefficient (Wildman–Crippen LogP) is 1.93. The summed E-state index contributed by atoms with van der Waals surface area (Å²) in [6.45, 7) is 3.65. The molecule has 1 aromatic rings. The summed E-state index contributed by atoms with van der Waals surface area (Å²) in [6, 6.07) is 5.75. The van der Waals surface area contributed by atoms with Crippen LogP contribution in [0.25, 0.3) is 0 Å². The summed E-state index contributed by atoms with van der Waals surface area (Å²) in [5.41, 5.74) is 7.41. The molecule has 1 aliphatic heterocycles. The molecular weight excluding hydrogens is 244 g/mol. The summed E-state index contributed by atoms with van der Waals surface area (Å²) in [7, 11) is 1.60. The third-order valence-corrected chi connectivity index (χ3v) is 3.30. The molecule has 2 rings (SSSR count). The molecule has 0 aliphatic carbocycles. The molecule has 0 radical (unpaired) electrons. The van der Waals surface area contributed by atoms with Crippen LogP contribution < -0.4 is 15.4 Å². The van der Waals surface area contributed by atoms with Crippen LogP contribution >= 0.6 is 0 Å². The molecule has 1 amide bonds. The minimum Gasteiger partial charge on any atom is -0.495 e. The molecule has 0 saturated carbocycles. The van der Waals surface area contributed by atoms with E-state index in [1.165, 1.54) is 0 Å². The Morgan fingerprint density at radius 1 is 1.53 bits per heavy atom. The quantitative estimate of drug-likeness (QED) is 0.902. The highest BCUT2D eigenvalue weighted by Crippen LogP contribution is 2.32. The van der Waals surface area contributed by atoms with Gasteiger partial charge in [0, 0.05) is 12.5 Å². The van der Waals surface area contributed by atoms with E-state index in [0.717, 1.165) is 17.7 Å². The van der Waals surface area contributed by atoms with Crippen molar-refractivity contribution in [2.45, 2.75) is 13.3 Å². The van der Waals surface area contributed by atoms with Crippen molar-refractivity contribution in [1.29, 1.82) is 0 Å². The number of carbonyl (C=O) groups excluding carboxylic acids is 1. The molecule has 104 valence electrons. The Bertz CT molecular complexity index is 462. The lowest BCUT2D eigenvalue weighted by molar-refractivity contribution is 0.113. The van der Waals surface area contributed by atoms with Crippen molar-refractivity contribution in [2.75, 3.05) is 31.7 Å². The van der Waals surface area contributed by atoms with E-state index < -0.39 is 0 Å². The predicted molar refractivity (Wildman–Crippen MR) is 73.6 cm³/mol. The number of ether oxygens (including phenoxy) is 2. The van der Waals surface area contributed by atoms with Crippen LogP contribution in [0.4, 0.5) is 10.5 Å². The monoisotopic (exact) mass is 264 g/mol. The lowest BCUT2D eigenvalue weighted by atomic mass is 10.0. The van der Waals surface area contributed by atoms with Gasteiger partial charge in [-0.15, -0.1) is 0 Å². The number of hydrogen-bond acceptors (Lipinski definition) is 4. The number of amides is 1. The fourth-order valence-electron chi connectivity index (χ4n) is 2.27. The Balaban J connectivity index is 2.27. The Labute approximate surface area is 113 Å². The van der Waals surface area contributed by atoms with Gasteiger partial charge in [-0.1, -0.05) is 6.07 Å². The van der Waals surface area contributed by atoms with Crippen molar-refractivity contribution >= 4 is 11.8 Å². The summed E-state index contributed by atoms with van der Waals surface area (Å²) in [4.78, 5) is 13.6. The number of aryl methyl sites for hydroxylation is 1. The maximum absolute atomic E-state index is 11.9. The molecular formula is C14H20N2O3. The van der Waals surface area contributed by atoms with Gasteiger partial charge in [0.15, 0.2) is 0 Å². The lowest BCUT2D eigenvalue weighted by Crippen LogP contribution is -2.43. The van der Waals surface area contributed by atoms with E-state index in [0.29, 0.717) is 25.4 Å². The van der Waals surface area contributed by atoms with E-state index >= 15 is 0 Å². The van der Waals surface area contributed by atoms with Gasteiger partial charge in [0.25, 0.3) is 0 Å². The summed E-state index contributed by atoms with van der Waals surface area (Å²) in [5, 5.41) is 0. The van der Waals surface area contributed by atoms with Crippen molar-refractivity contribution in [1.82, 2.24) is 0 Å². The zero-order valence-corrected chi connectivity index (χ0v) is 11.4. The number of methoxy groups -OCH3 is 1. The molecule has 5 heteroatoms. The molecule has 2 N–H and O–H groups in total. The van der Waals surface area contributed by atoms with Crippen LogP contribution in [0.1, 0.15) is 12.0 Å². The summed E-state index contributed by atoms with van der Waals surface area (Å²) >= 11 is 0. The van der Waals surface area contributed by atoms with Crippen LogP contribution in [0.15, 0.2) is 18.2 Å². The highest BCUT2D eigenvalue weighted by Gasteiger charge is 2.29. The number of hydrogen-bond donors (Lipinski definition) is 1. The Kier molecular flexibility index (Phi) is 4.27. The first-order valence-electron chi connectivity index (χ1n) is 6.44. The fourth-order valence-corrected chi connectivity index (χ4v) is 2.27. The van der Waals surface area contributed by atoms with Crippen LogP contribution in [0, 0.1) is 12.8 Å². The van der Waals surface area contributed by atoms with Crippen LogP contribution in [0.5, 0.6) is 5.75 Å². The van der Waals surface area contributed by atoms with Crippen LogP contribution in [-0.4, -0.2) is 32.9 Å². The molecule has 1 aliphatic rings. The molecule has 0 bridgehead atoms. The van der Waals surface area contributed by atoms with Gasteiger partial charge in [-0.2, -0.15) is 0 Å². The van der Waals surface area contributed by atoms with Crippen LogP contribution in [-0.2, 0) is 4.74 Å². The summed E-state index contributed by atoms with van der Waals surface area (Å²) in [6.07, 6.45) is 0.523. The third-order valence-electron chi connectivity index (χ3n) is 3.30. The van der Waals surface area contributed by atoms with E-state index in [4.69, 9.17) is 15.2 Å². The van der Waals surface area contributed by atoms with Gasteiger partial charge in [-0.25, -0.2) is 4.79 Å². The molecule has 1 saturated heterocycles. The fraction of sp³-hybridized carbons (Fsp3) is 0.500. The smallest absolute Gasteiger partial charge is 0.414 e. The summed E-state index contributed by atoms with van der Waals surface area (Å²) < 4.78 is 10.5. The van der Waals surface area contributed by atoms with Gasteiger partial charge < -0.3 is 15.2 Å². The highest BCUT2D eigenvalue weighted by molar-refractivity contribution is 5.90. The number of anilines is 1. The van der Waals surface area contributed by atoms with Crippen molar-refractivity contribution in [2.24, 2.45) is 11.7 Å². The molecule has 1 heterocycles. The number of carbonyl (C=O) groups is 1. The Hall–Kier alpha value is -1.75. The highest BCUT2D eigenvalue weighted by atomic mass is 16.6. The van der Waals surface area contributed by atoms with Crippen LogP contribution in [0.3, 0.4) is 0 Å². The zero-order chi connectivity index (χ0) is 13.8. The molecule has 19 heavy (non-hydrogen) atoms. The second kappa shape index (κ2) is 5.93. The van der Waals surface area contributed by atoms with Gasteiger partial charge in [0.1, 0.15) is 5.75 Å². The van der Waals surface area contributed by atoms with E-state index in [2.05, 4.69) is 0 Å². The Morgan fingerprint density at radius 2 is 2.32 bits per heavy atom. The molecule has 1 aromatic carbocycles. The van der Waals surface area contributed by atoms with Gasteiger partial charge in [-0.05, 0) is 37.6 Å². The number of benzene rings is 1. The van der Waals surface area contributed by atoms with Gasteiger partial charge >= 0.3 is 6.09 Å². The Morgan fingerprint density at radius 3 is 3.00 bits per heavy atom. The van der Waals surface area contributed by atoms with Crippen molar-refractivity contribution in [3.63, 3.8) is 0 Å². The van der Waals surface area contributed by atoms with E-state index in [1.54, 1.807) is 12.0 Å². The molecule has 5 nitrogen and oxygen atoms in total. The molecule has 1 unspecified atom stereocenters. The number of cyclic esters (lactones) is 1. The first-order chi connectivity index (χ1) is 9.15. The minimum atomic E-state index is -0.322. The SMILES string of the molecule is COc1ccc(C)cc1N1CC(CCN)COC1=O.